The maximum Gasteiger partial charge on any atom is 0.418 e. The van der Waals surface area contributed by atoms with Crippen LogP contribution in [0.4, 0.5) is 13.2 Å². The predicted molar refractivity (Wildman–Crippen MR) is 67.3 cm³/mol. The third-order valence-electron chi connectivity index (χ3n) is 2.45. The van der Waals surface area contributed by atoms with Crippen LogP contribution in [0.3, 0.4) is 0 Å². The molecule has 18 heavy (non-hydrogen) atoms. The van der Waals surface area contributed by atoms with Gasteiger partial charge in [0.1, 0.15) is 0 Å². The van der Waals surface area contributed by atoms with E-state index in [1.165, 1.54) is 6.20 Å². The monoisotopic (exact) mass is 315 g/mol. The van der Waals surface area contributed by atoms with E-state index in [0.717, 1.165) is 6.07 Å². The normalized spacial score (nSPS) is 11.6. The maximum absolute atomic E-state index is 13.0. The highest BCUT2D eigenvalue weighted by Gasteiger charge is 2.34. The second-order valence-corrected chi connectivity index (χ2v) is 4.30. The van der Waals surface area contributed by atoms with Gasteiger partial charge in [-0.2, -0.15) is 13.2 Å². The van der Waals surface area contributed by atoms with E-state index in [-0.39, 0.29) is 5.69 Å². The molecule has 0 aliphatic rings. The van der Waals surface area contributed by atoms with Crippen LogP contribution in [-0.4, -0.2) is 4.98 Å². The van der Waals surface area contributed by atoms with Crippen molar-refractivity contribution in [3.05, 3.63) is 53.7 Å². The summed E-state index contributed by atoms with van der Waals surface area (Å²) < 4.78 is 39.0. The molecular formula is C13H9BrF3N. The fraction of sp³-hybridized carbons (Fsp3) is 0.154. The smallest absolute Gasteiger partial charge is 0.255 e. The van der Waals surface area contributed by atoms with Crippen molar-refractivity contribution in [3.8, 4) is 11.3 Å². The van der Waals surface area contributed by atoms with Gasteiger partial charge in [-0.15, -0.1) is 0 Å². The lowest BCUT2D eigenvalue weighted by Crippen LogP contribution is -2.09. The van der Waals surface area contributed by atoms with Crippen LogP contribution in [0.1, 0.15) is 11.1 Å². The second-order valence-electron chi connectivity index (χ2n) is 3.74. The fourth-order valence-corrected chi connectivity index (χ4v) is 1.93. The molecule has 0 saturated heterocycles. The first-order chi connectivity index (χ1) is 8.52. The van der Waals surface area contributed by atoms with Crippen LogP contribution >= 0.6 is 15.9 Å². The van der Waals surface area contributed by atoms with E-state index in [0.29, 0.717) is 16.5 Å². The zero-order valence-electron chi connectivity index (χ0n) is 9.21. The number of aromatic nitrogens is 1. The molecule has 1 heterocycles. The number of pyridine rings is 1. The van der Waals surface area contributed by atoms with Gasteiger partial charge in [0.2, 0.25) is 0 Å². The van der Waals surface area contributed by atoms with Gasteiger partial charge < -0.3 is 0 Å². The van der Waals surface area contributed by atoms with Crippen molar-refractivity contribution in [2.24, 2.45) is 0 Å². The molecule has 0 bridgehead atoms. The Labute approximate surface area is 111 Å². The van der Waals surface area contributed by atoms with Crippen molar-refractivity contribution in [2.45, 2.75) is 11.5 Å². The van der Waals surface area contributed by atoms with Gasteiger partial charge in [0, 0.05) is 17.1 Å². The van der Waals surface area contributed by atoms with Crippen LogP contribution in [0.2, 0.25) is 0 Å². The first-order valence-electron chi connectivity index (χ1n) is 5.20. The van der Waals surface area contributed by atoms with Crippen molar-refractivity contribution in [1.29, 1.82) is 0 Å². The van der Waals surface area contributed by atoms with Gasteiger partial charge in [-0.05, 0) is 11.6 Å². The van der Waals surface area contributed by atoms with Crippen molar-refractivity contribution in [3.63, 3.8) is 0 Å². The number of hydrogen-bond donors (Lipinski definition) is 0. The Kier molecular flexibility index (Phi) is 3.71. The lowest BCUT2D eigenvalue weighted by molar-refractivity contribution is -0.137. The summed E-state index contributed by atoms with van der Waals surface area (Å²) in [6.07, 6.45) is -2.96. The molecule has 0 amide bonds. The molecule has 0 radical (unpaired) electrons. The molecule has 0 aliphatic heterocycles. The highest BCUT2D eigenvalue weighted by molar-refractivity contribution is 9.08. The average molecular weight is 316 g/mol. The second kappa shape index (κ2) is 5.10. The molecule has 1 aromatic heterocycles. The molecule has 0 atom stereocenters. The van der Waals surface area contributed by atoms with Crippen molar-refractivity contribution >= 4 is 15.9 Å². The third-order valence-corrected chi connectivity index (χ3v) is 3.10. The Balaban J connectivity index is 2.61. The molecule has 5 heteroatoms. The molecule has 2 aromatic rings. The summed E-state index contributed by atoms with van der Waals surface area (Å²) in [4.78, 5) is 3.94. The molecule has 0 saturated carbocycles. The topological polar surface area (TPSA) is 12.9 Å². The van der Waals surface area contributed by atoms with E-state index in [4.69, 9.17) is 0 Å². The van der Waals surface area contributed by atoms with Crippen LogP contribution in [0, 0.1) is 0 Å². The Morgan fingerprint density at radius 2 is 1.78 bits per heavy atom. The minimum absolute atomic E-state index is 0.0344. The number of hydrogen-bond acceptors (Lipinski definition) is 1. The summed E-state index contributed by atoms with van der Waals surface area (Å²) in [6, 6.07) is 9.50. The maximum atomic E-state index is 13.0. The van der Waals surface area contributed by atoms with E-state index >= 15 is 0 Å². The van der Waals surface area contributed by atoms with Crippen LogP contribution in [0.25, 0.3) is 11.3 Å². The Morgan fingerprint density at radius 1 is 1.11 bits per heavy atom. The lowest BCUT2D eigenvalue weighted by atomic mass is 10.0. The summed E-state index contributed by atoms with van der Waals surface area (Å²) in [5.41, 5.74) is 0.228. The van der Waals surface area contributed by atoms with Crippen molar-refractivity contribution < 1.29 is 13.2 Å². The van der Waals surface area contributed by atoms with Crippen molar-refractivity contribution in [2.75, 3.05) is 0 Å². The molecule has 0 unspecified atom stereocenters. The Hall–Kier alpha value is -1.36. The Bertz CT molecular complexity index is 538. The molecule has 1 aromatic carbocycles. The fourth-order valence-electron chi connectivity index (χ4n) is 1.62. The largest absolute Gasteiger partial charge is 0.418 e. The molecule has 0 N–H and O–H groups in total. The molecular weight excluding hydrogens is 307 g/mol. The molecule has 1 nitrogen and oxygen atoms in total. The highest BCUT2D eigenvalue weighted by atomic mass is 79.9. The predicted octanol–water partition coefficient (Wildman–Crippen LogP) is 4.66. The summed E-state index contributed by atoms with van der Waals surface area (Å²) in [7, 11) is 0. The lowest BCUT2D eigenvalue weighted by Gasteiger charge is -2.13. The molecule has 94 valence electrons. The minimum atomic E-state index is -4.41. The first kappa shape index (κ1) is 13.1. The number of rotatable bonds is 2. The number of halogens is 4. The van der Waals surface area contributed by atoms with Gasteiger partial charge in [0.05, 0.1) is 11.3 Å². The zero-order valence-corrected chi connectivity index (χ0v) is 10.8. The van der Waals surface area contributed by atoms with Crippen LogP contribution in [0.15, 0.2) is 42.6 Å². The molecule has 2 rings (SSSR count). The number of benzene rings is 1. The van der Waals surface area contributed by atoms with Gasteiger partial charge in [-0.3, -0.25) is 4.98 Å². The van der Waals surface area contributed by atoms with Gasteiger partial charge in [0.25, 0.3) is 0 Å². The molecule has 0 fully saturated rings. The third kappa shape index (κ3) is 2.72. The molecule has 0 aliphatic carbocycles. The highest BCUT2D eigenvalue weighted by Crippen LogP contribution is 2.36. The van der Waals surface area contributed by atoms with E-state index < -0.39 is 11.7 Å². The molecule has 0 spiro atoms. The quantitative estimate of drug-likeness (QED) is 0.734. The van der Waals surface area contributed by atoms with E-state index in [2.05, 4.69) is 20.9 Å². The first-order valence-corrected chi connectivity index (χ1v) is 6.32. The van der Waals surface area contributed by atoms with Gasteiger partial charge in [-0.25, -0.2) is 0 Å². The van der Waals surface area contributed by atoms with E-state index in [9.17, 15) is 13.2 Å². The number of alkyl halides is 4. The summed E-state index contributed by atoms with van der Waals surface area (Å²) in [6.45, 7) is 0. The van der Waals surface area contributed by atoms with Crippen molar-refractivity contribution in [1.82, 2.24) is 4.98 Å². The van der Waals surface area contributed by atoms with Gasteiger partial charge in [-0.1, -0.05) is 46.3 Å². The zero-order chi connectivity index (χ0) is 13.2. The van der Waals surface area contributed by atoms with E-state index in [1.54, 1.807) is 30.3 Å². The van der Waals surface area contributed by atoms with Crippen LogP contribution in [-0.2, 0) is 11.5 Å². The standard InChI is InChI=1S/C13H9BrF3N/c14-7-9-6-11(13(15,16)17)12(18-8-9)10-4-2-1-3-5-10/h1-6,8H,7H2. The average Bonchev–Trinajstić information content (AvgIpc) is 2.38. The Morgan fingerprint density at radius 3 is 2.33 bits per heavy atom. The van der Waals surface area contributed by atoms with E-state index in [1.807, 2.05) is 0 Å². The minimum Gasteiger partial charge on any atom is -0.255 e. The summed E-state index contributed by atoms with van der Waals surface area (Å²) in [5, 5.41) is 0.345. The summed E-state index contributed by atoms with van der Waals surface area (Å²) >= 11 is 3.13. The SMILES string of the molecule is FC(F)(F)c1cc(CBr)cnc1-c1ccccc1. The van der Waals surface area contributed by atoms with Crippen LogP contribution < -0.4 is 0 Å². The van der Waals surface area contributed by atoms with Crippen LogP contribution in [0.5, 0.6) is 0 Å². The van der Waals surface area contributed by atoms with Gasteiger partial charge >= 0.3 is 6.18 Å². The number of nitrogens with zero attached hydrogens (tertiary/aromatic N) is 1. The van der Waals surface area contributed by atoms with Gasteiger partial charge in [0.15, 0.2) is 0 Å². The summed E-state index contributed by atoms with van der Waals surface area (Å²) in [5.74, 6) is 0.